The van der Waals surface area contributed by atoms with Gasteiger partial charge in [0, 0.05) is 18.0 Å². The third-order valence-corrected chi connectivity index (χ3v) is 6.88. The van der Waals surface area contributed by atoms with Gasteiger partial charge in [0.25, 0.3) is 0 Å². The second kappa shape index (κ2) is 9.25. The molecule has 0 spiro atoms. The molecule has 0 saturated carbocycles. The average Bonchev–Trinajstić information content (AvgIpc) is 3.09. The SMILES string of the molecule is CC(CNC(=O)OCC1c2ccccc2-c2ccccc21)C(=O)NC(C)(C)C(C)(C)C(=O)O. The molecule has 0 radical (unpaired) electrons. The van der Waals surface area contributed by atoms with E-state index in [1.807, 2.05) is 36.4 Å². The number of aliphatic carboxylic acids is 1. The largest absolute Gasteiger partial charge is 0.481 e. The van der Waals surface area contributed by atoms with Crippen molar-refractivity contribution in [3.63, 3.8) is 0 Å². The van der Waals surface area contributed by atoms with Crippen LogP contribution in [0.15, 0.2) is 48.5 Å². The fraction of sp³-hybridized carbons (Fsp3) is 0.423. The zero-order valence-electron chi connectivity index (χ0n) is 19.8. The zero-order valence-corrected chi connectivity index (χ0v) is 19.8. The molecule has 2 amide bonds. The second-order valence-electron chi connectivity index (χ2n) is 9.65. The molecule has 1 atom stereocenters. The maximum absolute atomic E-state index is 12.6. The Kier molecular flexibility index (Phi) is 6.81. The highest BCUT2D eigenvalue weighted by Gasteiger charge is 2.44. The summed E-state index contributed by atoms with van der Waals surface area (Å²) in [6.45, 7) is 8.41. The Morgan fingerprint density at radius 3 is 2.00 bits per heavy atom. The number of carbonyl (C=O) groups is 3. The summed E-state index contributed by atoms with van der Waals surface area (Å²) in [5.74, 6) is -1.94. The molecular weight excluding hydrogens is 420 g/mol. The maximum atomic E-state index is 12.6. The van der Waals surface area contributed by atoms with E-state index in [9.17, 15) is 19.5 Å². The van der Waals surface area contributed by atoms with E-state index in [0.29, 0.717) is 0 Å². The van der Waals surface area contributed by atoms with E-state index in [0.717, 1.165) is 22.3 Å². The van der Waals surface area contributed by atoms with E-state index in [4.69, 9.17) is 4.74 Å². The van der Waals surface area contributed by atoms with Gasteiger partial charge in [-0.1, -0.05) is 55.5 Å². The van der Waals surface area contributed by atoms with Gasteiger partial charge in [-0.2, -0.15) is 0 Å². The summed E-state index contributed by atoms with van der Waals surface area (Å²) in [5, 5.41) is 14.9. The van der Waals surface area contributed by atoms with Crippen molar-refractivity contribution >= 4 is 18.0 Å². The lowest BCUT2D eigenvalue weighted by Crippen LogP contribution is -2.58. The topological polar surface area (TPSA) is 105 Å². The maximum Gasteiger partial charge on any atom is 0.407 e. The number of alkyl carbamates (subject to hydrolysis) is 1. The van der Waals surface area contributed by atoms with Crippen molar-refractivity contribution in [2.45, 2.75) is 46.1 Å². The molecule has 33 heavy (non-hydrogen) atoms. The van der Waals surface area contributed by atoms with Crippen molar-refractivity contribution in [3.05, 3.63) is 59.7 Å². The molecule has 2 aromatic carbocycles. The minimum absolute atomic E-state index is 0.0390. The number of ether oxygens (including phenoxy) is 1. The summed E-state index contributed by atoms with van der Waals surface area (Å²) in [6, 6.07) is 16.2. The smallest absolute Gasteiger partial charge is 0.407 e. The molecule has 0 aromatic heterocycles. The van der Waals surface area contributed by atoms with Gasteiger partial charge in [-0.25, -0.2) is 4.79 Å². The number of amides is 2. The molecule has 3 N–H and O–H groups in total. The Morgan fingerprint density at radius 1 is 0.970 bits per heavy atom. The number of hydrogen-bond acceptors (Lipinski definition) is 4. The number of rotatable bonds is 8. The second-order valence-corrected chi connectivity index (χ2v) is 9.65. The van der Waals surface area contributed by atoms with Crippen LogP contribution in [0.4, 0.5) is 4.79 Å². The van der Waals surface area contributed by atoms with E-state index in [1.54, 1.807) is 34.6 Å². The normalized spacial score (nSPS) is 14.1. The van der Waals surface area contributed by atoms with Crippen LogP contribution >= 0.6 is 0 Å². The predicted molar refractivity (Wildman–Crippen MR) is 126 cm³/mol. The molecule has 0 saturated heterocycles. The summed E-state index contributed by atoms with van der Waals surface area (Å²) in [5.41, 5.74) is 2.42. The minimum atomic E-state index is -1.16. The van der Waals surface area contributed by atoms with Crippen molar-refractivity contribution in [2.75, 3.05) is 13.2 Å². The highest BCUT2D eigenvalue weighted by Crippen LogP contribution is 2.44. The molecule has 176 valence electrons. The lowest BCUT2D eigenvalue weighted by Gasteiger charge is -2.39. The summed E-state index contributed by atoms with van der Waals surface area (Å²) < 4.78 is 5.50. The van der Waals surface area contributed by atoms with Gasteiger partial charge in [-0.15, -0.1) is 0 Å². The number of carbonyl (C=O) groups excluding carboxylic acids is 2. The molecule has 1 aliphatic carbocycles. The van der Waals surface area contributed by atoms with E-state index in [2.05, 4.69) is 22.8 Å². The molecule has 0 fully saturated rings. The number of hydrogen-bond donors (Lipinski definition) is 3. The van der Waals surface area contributed by atoms with Gasteiger partial charge in [-0.3, -0.25) is 9.59 Å². The number of fused-ring (bicyclic) bond motifs is 3. The first kappa shape index (κ1) is 24.3. The van der Waals surface area contributed by atoms with E-state index < -0.39 is 28.9 Å². The van der Waals surface area contributed by atoms with Crippen LogP contribution in [0.1, 0.15) is 51.7 Å². The van der Waals surface area contributed by atoms with E-state index in [1.165, 1.54) is 0 Å². The van der Waals surface area contributed by atoms with Crippen LogP contribution < -0.4 is 10.6 Å². The summed E-state index contributed by atoms with van der Waals surface area (Å²) in [6.07, 6.45) is -0.596. The Labute approximate surface area is 194 Å². The van der Waals surface area contributed by atoms with E-state index >= 15 is 0 Å². The van der Waals surface area contributed by atoms with Crippen LogP contribution in [0.25, 0.3) is 11.1 Å². The van der Waals surface area contributed by atoms with Crippen LogP contribution in [-0.4, -0.2) is 41.8 Å². The van der Waals surface area contributed by atoms with Crippen molar-refractivity contribution in [1.82, 2.24) is 10.6 Å². The summed E-state index contributed by atoms with van der Waals surface area (Å²) in [7, 11) is 0. The molecule has 7 heteroatoms. The Balaban J connectivity index is 1.54. The van der Waals surface area contributed by atoms with Gasteiger partial charge in [0.1, 0.15) is 6.61 Å². The van der Waals surface area contributed by atoms with Crippen molar-refractivity contribution in [2.24, 2.45) is 11.3 Å². The van der Waals surface area contributed by atoms with Gasteiger partial charge in [0.05, 0.1) is 11.3 Å². The molecule has 0 aliphatic heterocycles. The quantitative estimate of drug-likeness (QED) is 0.558. The zero-order chi connectivity index (χ0) is 24.4. The molecule has 0 heterocycles. The number of carboxylic acids is 1. The Bertz CT molecular complexity index is 1010. The molecule has 1 aliphatic rings. The first-order valence-electron chi connectivity index (χ1n) is 11.1. The first-order chi connectivity index (χ1) is 15.5. The molecule has 0 bridgehead atoms. The summed E-state index contributed by atoms with van der Waals surface area (Å²) in [4.78, 5) is 36.5. The van der Waals surface area contributed by atoms with E-state index in [-0.39, 0.29) is 25.0 Å². The van der Waals surface area contributed by atoms with Gasteiger partial charge in [0.15, 0.2) is 0 Å². The van der Waals surface area contributed by atoms with Crippen LogP contribution in [0.2, 0.25) is 0 Å². The average molecular weight is 453 g/mol. The minimum Gasteiger partial charge on any atom is -0.481 e. The van der Waals surface area contributed by atoms with Crippen molar-refractivity contribution in [1.29, 1.82) is 0 Å². The van der Waals surface area contributed by atoms with Crippen molar-refractivity contribution in [3.8, 4) is 11.1 Å². The Hall–Kier alpha value is -3.35. The number of benzene rings is 2. The van der Waals surface area contributed by atoms with Crippen LogP contribution in [-0.2, 0) is 14.3 Å². The van der Waals surface area contributed by atoms with Crippen molar-refractivity contribution < 1.29 is 24.2 Å². The van der Waals surface area contributed by atoms with Gasteiger partial charge >= 0.3 is 12.1 Å². The summed E-state index contributed by atoms with van der Waals surface area (Å²) >= 11 is 0. The molecule has 2 aromatic rings. The number of carboxylic acid groups (broad SMARTS) is 1. The fourth-order valence-electron chi connectivity index (χ4n) is 3.83. The highest BCUT2D eigenvalue weighted by atomic mass is 16.5. The lowest BCUT2D eigenvalue weighted by molar-refractivity contribution is -0.152. The highest BCUT2D eigenvalue weighted by molar-refractivity contribution is 5.83. The number of nitrogens with one attached hydrogen (secondary N) is 2. The van der Waals surface area contributed by atoms with Gasteiger partial charge in [-0.05, 0) is 49.9 Å². The van der Waals surface area contributed by atoms with Crippen LogP contribution in [0, 0.1) is 11.3 Å². The fourth-order valence-corrected chi connectivity index (χ4v) is 3.83. The lowest BCUT2D eigenvalue weighted by atomic mass is 9.74. The molecular formula is C26H32N2O5. The third-order valence-electron chi connectivity index (χ3n) is 6.88. The molecule has 1 unspecified atom stereocenters. The first-order valence-corrected chi connectivity index (χ1v) is 11.1. The molecule has 7 nitrogen and oxygen atoms in total. The Morgan fingerprint density at radius 2 is 1.48 bits per heavy atom. The van der Waals surface area contributed by atoms with Gasteiger partial charge < -0.3 is 20.5 Å². The van der Waals surface area contributed by atoms with Crippen LogP contribution in [0.5, 0.6) is 0 Å². The monoisotopic (exact) mass is 452 g/mol. The molecule has 3 rings (SSSR count). The third kappa shape index (κ3) is 4.87. The standard InChI is InChI=1S/C26H32N2O5/c1-16(22(29)28-26(4,5)25(2,3)23(30)31)14-27-24(32)33-15-21-19-12-8-6-10-17(19)18-11-7-9-13-20(18)21/h6-13,16,21H,14-15H2,1-5H3,(H,27,32)(H,28,29)(H,30,31). The van der Waals surface area contributed by atoms with Crippen LogP contribution in [0.3, 0.4) is 0 Å². The predicted octanol–water partition coefficient (Wildman–Crippen LogP) is 4.17. The van der Waals surface area contributed by atoms with Gasteiger partial charge in [0.2, 0.25) is 5.91 Å².